The number of quaternary nitrogens is 2. The number of piperazine rings is 1. The number of aromatic nitrogens is 3. The van der Waals surface area contributed by atoms with E-state index in [1.807, 2.05) is 36.5 Å². The van der Waals surface area contributed by atoms with Crippen LogP contribution in [-0.2, 0) is 13.1 Å². The Hall–Kier alpha value is -2.61. The summed E-state index contributed by atoms with van der Waals surface area (Å²) in [6.45, 7) is 8.18. The summed E-state index contributed by atoms with van der Waals surface area (Å²) in [5, 5.41) is 1.23. The first-order chi connectivity index (χ1) is 14.2. The van der Waals surface area contributed by atoms with Gasteiger partial charge in [-0.05, 0) is 31.2 Å². The highest BCUT2D eigenvalue weighted by atomic mass is 32.1. The molecule has 4 heterocycles. The van der Waals surface area contributed by atoms with Crippen molar-refractivity contribution >= 4 is 27.2 Å². The quantitative estimate of drug-likeness (QED) is 0.505. The molecule has 3 aromatic heterocycles. The molecule has 1 saturated heterocycles. The molecule has 148 valence electrons. The minimum Gasteiger partial charge on any atom is -0.321 e. The number of hydrogen-bond acceptors (Lipinski definition) is 4. The lowest BCUT2D eigenvalue weighted by Crippen LogP contribution is -3.27. The molecule has 0 saturated carbocycles. The van der Waals surface area contributed by atoms with E-state index in [2.05, 4.69) is 24.3 Å². The molecule has 1 aromatic carbocycles. The van der Waals surface area contributed by atoms with Crippen LogP contribution in [0.4, 0.5) is 0 Å². The van der Waals surface area contributed by atoms with E-state index in [4.69, 9.17) is 9.97 Å². The SMILES string of the molecule is Cc1cccc2nc(C[NH+]3CC[NH+](Cc4nc5ccccc5s4)CC3)cc(=O)n12. The first-order valence-corrected chi connectivity index (χ1v) is 11.0. The fourth-order valence-corrected chi connectivity index (χ4v) is 5.27. The Labute approximate surface area is 173 Å². The second kappa shape index (κ2) is 7.67. The number of para-hydroxylation sites is 1. The molecule has 0 atom stereocenters. The summed E-state index contributed by atoms with van der Waals surface area (Å²) in [4.78, 5) is 25.1. The van der Waals surface area contributed by atoms with Gasteiger partial charge in [0.2, 0.25) is 0 Å². The van der Waals surface area contributed by atoms with Gasteiger partial charge in [-0.2, -0.15) is 0 Å². The van der Waals surface area contributed by atoms with Crippen LogP contribution in [-0.4, -0.2) is 40.5 Å². The lowest BCUT2D eigenvalue weighted by Gasteiger charge is -2.29. The van der Waals surface area contributed by atoms with E-state index < -0.39 is 0 Å². The van der Waals surface area contributed by atoms with Crippen LogP contribution < -0.4 is 15.4 Å². The minimum absolute atomic E-state index is 0.0163. The third-order valence-electron chi connectivity index (χ3n) is 5.77. The van der Waals surface area contributed by atoms with Crippen molar-refractivity contribution in [1.29, 1.82) is 0 Å². The molecule has 1 fully saturated rings. The van der Waals surface area contributed by atoms with E-state index in [0.717, 1.165) is 61.8 Å². The molecular weight excluding hydrogens is 382 g/mol. The second-order valence-corrected chi connectivity index (χ2v) is 8.99. The van der Waals surface area contributed by atoms with Gasteiger partial charge >= 0.3 is 0 Å². The second-order valence-electron chi connectivity index (χ2n) is 7.88. The average Bonchev–Trinajstić information content (AvgIpc) is 3.11. The molecule has 4 aromatic rings. The summed E-state index contributed by atoms with van der Waals surface area (Å²) in [7, 11) is 0. The Morgan fingerprint density at radius 3 is 2.52 bits per heavy atom. The topological polar surface area (TPSA) is 56.1 Å². The van der Waals surface area contributed by atoms with Crippen molar-refractivity contribution in [2.75, 3.05) is 26.2 Å². The van der Waals surface area contributed by atoms with Crippen LogP contribution >= 0.6 is 11.3 Å². The zero-order valence-electron chi connectivity index (χ0n) is 16.5. The number of rotatable bonds is 4. The van der Waals surface area contributed by atoms with Crippen molar-refractivity contribution in [3.63, 3.8) is 0 Å². The number of fused-ring (bicyclic) bond motifs is 2. The van der Waals surface area contributed by atoms with Crippen LogP contribution in [0.5, 0.6) is 0 Å². The van der Waals surface area contributed by atoms with Crippen molar-refractivity contribution in [3.05, 3.63) is 75.3 Å². The highest BCUT2D eigenvalue weighted by Gasteiger charge is 2.24. The van der Waals surface area contributed by atoms with Gasteiger partial charge in [-0.25, -0.2) is 9.97 Å². The smallest absolute Gasteiger partial charge is 0.258 e. The average molecular weight is 408 g/mol. The Bertz CT molecular complexity index is 1190. The van der Waals surface area contributed by atoms with Crippen LogP contribution in [0, 0.1) is 6.92 Å². The van der Waals surface area contributed by atoms with Crippen molar-refractivity contribution in [3.8, 4) is 0 Å². The van der Waals surface area contributed by atoms with Gasteiger partial charge in [0.05, 0.1) is 10.2 Å². The summed E-state index contributed by atoms with van der Waals surface area (Å²) < 4.78 is 2.95. The molecule has 0 spiro atoms. The maximum Gasteiger partial charge on any atom is 0.258 e. The van der Waals surface area contributed by atoms with Crippen molar-refractivity contribution in [1.82, 2.24) is 14.4 Å². The first-order valence-electron chi connectivity index (χ1n) is 10.2. The predicted molar refractivity (Wildman–Crippen MR) is 115 cm³/mol. The van der Waals surface area contributed by atoms with E-state index >= 15 is 0 Å². The van der Waals surface area contributed by atoms with E-state index in [0.29, 0.717) is 0 Å². The van der Waals surface area contributed by atoms with Crippen LogP contribution in [0.1, 0.15) is 16.4 Å². The molecule has 5 rings (SSSR count). The zero-order valence-corrected chi connectivity index (χ0v) is 17.3. The van der Waals surface area contributed by atoms with Crippen molar-refractivity contribution < 1.29 is 9.80 Å². The van der Waals surface area contributed by atoms with E-state index in [-0.39, 0.29) is 5.56 Å². The van der Waals surface area contributed by atoms with Crippen molar-refractivity contribution in [2.24, 2.45) is 0 Å². The molecule has 0 aliphatic carbocycles. The lowest BCUT2D eigenvalue weighted by molar-refractivity contribution is -1.02. The highest BCUT2D eigenvalue weighted by Crippen LogP contribution is 2.20. The number of nitrogens with one attached hydrogen (secondary N) is 2. The molecule has 1 aliphatic rings. The van der Waals surface area contributed by atoms with E-state index in [9.17, 15) is 4.79 Å². The Morgan fingerprint density at radius 2 is 1.72 bits per heavy atom. The van der Waals surface area contributed by atoms with Gasteiger partial charge in [-0.3, -0.25) is 9.20 Å². The third kappa shape index (κ3) is 3.81. The van der Waals surface area contributed by atoms with Crippen LogP contribution in [0.3, 0.4) is 0 Å². The molecule has 1 aliphatic heterocycles. The summed E-state index contributed by atoms with van der Waals surface area (Å²) in [5.41, 5.74) is 3.69. The fraction of sp³-hybridized carbons (Fsp3) is 0.318. The van der Waals surface area contributed by atoms with Crippen LogP contribution in [0.15, 0.2) is 53.3 Å². The van der Waals surface area contributed by atoms with E-state index in [1.165, 1.54) is 14.6 Å². The minimum atomic E-state index is 0.0163. The summed E-state index contributed by atoms with van der Waals surface area (Å²) in [6.07, 6.45) is 0. The summed E-state index contributed by atoms with van der Waals surface area (Å²) in [6, 6.07) is 15.9. The molecule has 7 heteroatoms. The predicted octanol–water partition coefficient (Wildman–Crippen LogP) is 0.0962. The Morgan fingerprint density at radius 1 is 0.966 bits per heavy atom. The molecule has 0 unspecified atom stereocenters. The van der Waals surface area contributed by atoms with Gasteiger partial charge in [0, 0.05) is 11.8 Å². The van der Waals surface area contributed by atoms with Gasteiger partial charge in [-0.15, -0.1) is 11.3 Å². The number of pyridine rings is 1. The summed E-state index contributed by atoms with van der Waals surface area (Å²) >= 11 is 1.81. The van der Waals surface area contributed by atoms with Gasteiger partial charge in [-0.1, -0.05) is 18.2 Å². The number of hydrogen-bond donors (Lipinski definition) is 2. The summed E-state index contributed by atoms with van der Waals surface area (Å²) in [5.74, 6) is 0. The van der Waals surface area contributed by atoms with Gasteiger partial charge in [0.15, 0.2) is 0 Å². The standard InChI is InChI=1S/C22H23N5OS/c1-16-5-4-8-20-23-17(13-22(28)27(16)20)14-25-9-11-26(12-10-25)15-21-24-18-6-2-3-7-19(18)29-21/h2-8,13H,9-12,14-15H2,1H3/p+2. The van der Waals surface area contributed by atoms with E-state index in [1.54, 1.807) is 15.4 Å². The molecule has 29 heavy (non-hydrogen) atoms. The number of thiazole rings is 1. The lowest BCUT2D eigenvalue weighted by atomic mass is 10.2. The third-order valence-corrected chi connectivity index (χ3v) is 6.80. The molecule has 0 amide bonds. The van der Waals surface area contributed by atoms with Crippen LogP contribution in [0.2, 0.25) is 0 Å². The molecular formula is C22H25N5OS+2. The Balaban J connectivity index is 1.23. The van der Waals surface area contributed by atoms with Gasteiger partial charge < -0.3 is 9.80 Å². The first kappa shape index (κ1) is 18.4. The normalized spacial score (nSPS) is 19.8. The van der Waals surface area contributed by atoms with Gasteiger partial charge in [0.25, 0.3) is 5.56 Å². The molecule has 0 radical (unpaired) electrons. The van der Waals surface area contributed by atoms with Crippen molar-refractivity contribution in [2.45, 2.75) is 20.0 Å². The van der Waals surface area contributed by atoms with Crippen LogP contribution in [0.25, 0.3) is 15.9 Å². The number of benzene rings is 1. The monoisotopic (exact) mass is 407 g/mol. The maximum atomic E-state index is 12.5. The number of nitrogens with zero attached hydrogens (tertiary/aromatic N) is 3. The number of aryl methyl sites for hydroxylation is 1. The highest BCUT2D eigenvalue weighted by molar-refractivity contribution is 7.18. The molecule has 0 bridgehead atoms. The zero-order chi connectivity index (χ0) is 19.8. The molecule has 2 N–H and O–H groups in total. The van der Waals surface area contributed by atoms with Gasteiger partial charge in [0.1, 0.15) is 55.6 Å². The maximum absolute atomic E-state index is 12.5. The Kier molecular flexibility index (Phi) is 4.87. The fourth-order valence-electron chi connectivity index (χ4n) is 4.23. The largest absolute Gasteiger partial charge is 0.321 e. The molecule has 6 nitrogen and oxygen atoms in total.